The maximum absolute atomic E-state index is 4.65. The van der Waals surface area contributed by atoms with E-state index in [1.54, 1.807) is 0 Å². The van der Waals surface area contributed by atoms with Crippen LogP contribution < -0.4 is 5.32 Å². The third-order valence-corrected chi connectivity index (χ3v) is 3.38. The van der Waals surface area contributed by atoms with Crippen LogP contribution in [0.3, 0.4) is 0 Å². The number of rotatable bonds is 3. The fourth-order valence-corrected chi connectivity index (χ4v) is 2.52. The zero-order chi connectivity index (χ0) is 14.9. The molecule has 0 unspecified atom stereocenters. The fraction of sp³-hybridized carbons (Fsp3) is 0.438. The third-order valence-electron chi connectivity index (χ3n) is 3.38. The summed E-state index contributed by atoms with van der Waals surface area (Å²) in [4.78, 5) is 13.8. The van der Waals surface area contributed by atoms with Crippen LogP contribution in [0.15, 0.2) is 12.3 Å². The first-order chi connectivity index (χ1) is 9.43. The first-order valence-electron chi connectivity index (χ1n) is 6.94. The van der Waals surface area contributed by atoms with Gasteiger partial charge in [0.1, 0.15) is 11.5 Å². The predicted octanol–water partition coefficient (Wildman–Crippen LogP) is 3.63. The Labute approximate surface area is 120 Å². The van der Waals surface area contributed by atoms with Gasteiger partial charge in [0.05, 0.1) is 0 Å². The minimum atomic E-state index is 0.388. The molecule has 0 aliphatic rings. The molecule has 1 N–H and O–H groups in total. The van der Waals surface area contributed by atoms with Crippen molar-refractivity contribution in [3.8, 4) is 11.5 Å². The van der Waals surface area contributed by atoms with Crippen molar-refractivity contribution in [1.29, 1.82) is 0 Å². The van der Waals surface area contributed by atoms with E-state index in [0.29, 0.717) is 11.7 Å². The molecule has 0 aromatic carbocycles. The Balaban J connectivity index is 2.61. The first-order valence-corrected chi connectivity index (χ1v) is 6.94. The monoisotopic (exact) mass is 270 g/mol. The summed E-state index contributed by atoms with van der Waals surface area (Å²) in [6.07, 6.45) is 1.86. The number of anilines is 1. The molecule has 0 fully saturated rings. The normalized spacial score (nSPS) is 10.9. The smallest absolute Gasteiger partial charge is 0.180 e. The number of nitrogens with zero attached hydrogens (tertiary/aromatic N) is 3. The van der Waals surface area contributed by atoms with Crippen molar-refractivity contribution in [1.82, 2.24) is 15.0 Å². The highest BCUT2D eigenvalue weighted by Gasteiger charge is 2.16. The lowest BCUT2D eigenvalue weighted by Gasteiger charge is -2.16. The SMILES string of the molecule is CNc1nc(-c2ncc(C)cc2C)nc(C)c1C(C)C. The van der Waals surface area contributed by atoms with Crippen LogP contribution in [0, 0.1) is 20.8 Å². The zero-order valence-corrected chi connectivity index (χ0v) is 13.1. The van der Waals surface area contributed by atoms with Crippen LogP contribution in [0.1, 0.15) is 42.1 Å². The summed E-state index contributed by atoms with van der Waals surface area (Å²) in [5.41, 5.74) is 5.28. The van der Waals surface area contributed by atoms with Crippen LogP contribution in [-0.2, 0) is 0 Å². The van der Waals surface area contributed by atoms with Gasteiger partial charge in [0, 0.05) is 24.5 Å². The highest BCUT2D eigenvalue weighted by atomic mass is 15.0. The number of aromatic nitrogens is 3. The van der Waals surface area contributed by atoms with Crippen LogP contribution in [0.5, 0.6) is 0 Å². The summed E-state index contributed by atoms with van der Waals surface area (Å²) < 4.78 is 0. The molecule has 2 heterocycles. The quantitative estimate of drug-likeness (QED) is 0.925. The number of nitrogens with one attached hydrogen (secondary N) is 1. The Morgan fingerprint density at radius 1 is 1.10 bits per heavy atom. The van der Waals surface area contributed by atoms with Gasteiger partial charge in [-0.1, -0.05) is 19.9 Å². The van der Waals surface area contributed by atoms with Gasteiger partial charge in [-0.2, -0.15) is 0 Å². The minimum absolute atomic E-state index is 0.388. The van der Waals surface area contributed by atoms with Crippen molar-refractivity contribution in [3.63, 3.8) is 0 Å². The average molecular weight is 270 g/mol. The Bertz CT molecular complexity index is 633. The standard InChI is InChI=1S/C16H22N4/c1-9(2)13-12(5)19-16(20-15(13)17-6)14-11(4)7-10(3)8-18-14/h7-9H,1-6H3,(H,17,19,20). The lowest BCUT2D eigenvalue weighted by molar-refractivity contribution is 0.832. The Kier molecular flexibility index (Phi) is 4.02. The first kappa shape index (κ1) is 14.4. The predicted molar refractivity (Wildman–Crippen MR) is 83.1 cm³/mol. The highest BCUT2D eigenvalue weighted by molar-refractivity contribution is 5.60. The topological polar surface area (TPSA) is 50.7 Å². The molecule has 0 saturated heterocycles. The summed E-state index contributed by atoms with van der Waals surface area (Å²) in [6, 6.07) is 2.11. The molecule has 106 valence electrons. The molecule has 0 spiro atoms. The molecule has 0 aliphatic carbocycles. The van der Waals surface area contributed by atoms with Crippen LogP contribution in [-0.4, -0.2) is 22.0 Å². The molecule has 0 bridgehead atoms. The summed E-state index contributed by atoms with van der Waals surface area (Å²) in [6.45, 7) is 10.4. The van der Waals surface area contributed by atoms with Crippen LogP contribution >= 0.6 is 0 Å². The van der Waals surface area contributed by atoms with E-state index in [-0.39, 0.29) is 0 Å². The molecule has 0 radical (unpaired) electrons. The number of pyridine rings is 1. The van der Waals surface area contributed by atoms with E-state index < -0.39 is 0 Å². The molecule has 0 atom stereocenters. The van der Waals surface area contributed by atoms with Crippen molar-refractivity contribution in [2.24, 2.45) is 0 Å². The molecule has 0 amide bonds. The zero-order valence-electron chi connectivity index (χ0n) is 13.1. The summed E-state index contributed by atoms with van der Waals surface area (Å²) in [7, 11) is 1.90. The molecule has 2 aromatic heterocycles. The van der Waals surface area contributed by atoms with Crippen LogP contribution in [0.25, 0.3) is 11.5 Å². The largest absolute Gasteiger partial charge is 0.373 e. The summed E-state index contributed by atoms with van der Waals surface area (Å²) in [5, 5.41) is 3.18. The van der Waals surface area contributed by atoms with E-state index in [0.717, 1.165) is 28.3 Å². The van der Waals surface area contributed by atoms with E-state index in [4.69, 9.17) is 0 Å². The van der Waals surface area contributed by atoms with E-state index in [1.165, 1.54) is 5.56 Å². The average Bonchev–Trinajstić information content (AvgIpc) is 2.37. The van der Waals surface area contributed by atoms with Gasteiger partial charge in [0.25, 0.3) is 0 Å². The second kappa shape index (κ2) is 5.57. The molecular formula is C16H22N4. The van der Waals surface area contributed by atoms with E-state index in [1.807, 2.05) is 34.0 Å². The molecular weight excluding hydrogens is 248 g/mol. The molecule has 2 aromatic rings. The molecule has 4 heteroatoms. The van der Waals surface area contributed by atoms with Gasteiger partial charge in [-0.3, -0.25) is 4.98 Å². The highest BCUT2D eigenvalue weighted by Crippen LogP contribution is 2.28. The van der Waals surface area contributed by atoms with Gasteiger partial charge in [-0.15, -0.1) is 0 Å². The lowest BCUT2D eigenvalue weighted by Crippen LogP contribution is -2.08. The van der Waals surface area contributed by atoms with Crippen molar-refractivity contribution in [3.05, 3.63) is 34.6 Å². The number of hydrogen-bond donors (Lipinski definition) is 1. The summed E-state index contributed by atoms with van der Waals surface area (Å²) >= 11 is 0. The Morgan fingerprint density at radius 2 is 1.80 bits per heavy atom. The van der Waals surface area contributed by atoms with E-state index in [2.05, 4.69) is 40.2 Å². The fourth-order valence-electron chi connectivity index (χ4n) is 2.52. The lowest BCUT2D eigenvalue weighted by atomic mass is 10.0. The molecule has 20 heavy (non-hydrogen) atoms. The van der Waals surface area contributed by atoms with Crippen LogP contribution in [0.4, 0.5) is 5.82 Å². The molecule has 0 saturated carbocycles. The molecule has 4 nitrogen and oxygen atoms in total. The van der Waals surface area contributed by atoms with Crippen LogP contribution in [0.2, 0.25) is 0 Å². The van der Waals surface area contributed by atoms with Gasteiger partial charge in [-0.25, -0.2) is 9.97 Å². The van der Waals surface area contributed by atoms with Crippen molar-refractivity contribution in [2.75, 3.05) is 12.4 Å². The number of hydrogen-bond acceptors (Lipinski definition) is 4. The van der Waals surface area contributed by atoms with Gasteiger partial charge >= 0.3 is 0 Å². The van der Waals surface area contributed by atoms with Crippen molar-refractivity contribution < 1.29 is 0 Å². The summed E-state index contributed by atoms with van der Waals surface area (Å²) in [5.74, 6) is 1.97. The Hall–Kier alpha value is -1.97. The van der Waals surface area contributed by atoms with Gasteiger partial charge in [-0.05, 0) is 37.8 Å². The number of aryl methyl sites for hydroxylation is 3. The van der Waals surface area contributed by atoms with Gasteiger partial charge in [0.15, 0.2) is 5.82 Å². The minimum Gasteiger partial charge on any atom is -0.373 e. The second-order valence-corrected chi connectivity index (χ2v) is 5.48. The van der Waals surface area contributed by atoms with Gasteiger partial charge < -0.3 is 5.32 Å². The van der Waals surface area contributed by atoms with E-state index >= 15 is 0 Å². The molecule has 2 rings (SSSR count). The maximum atomic E-state index is 4.65. The van der Waals surface area contributed by atoms with E-state index in [9.17, 15) is 0 Å². The second-order valence-electron chi connectivity index (χ2n) is 5.48. The Morgan fingerprint density at radius 3 is 2.35 bits per heavy atom. The van der Waals surface area contributed by atoms with Gasteiger partial charge in [0.2, 0.25) is 0 Å². The van der Waals surface area contributed by atoms with Crippen molar-refractivity contribution in [2.45, 2.75) is 40.5 Å². The van der Waals surface area contributed by atoms with Crippen molar-refractivity contribution >= 4 is 5.82 Å². The third kappa shape index (κ3) is 2.64. The maximum Gasteiger partial charge on any atom is 0.180 e. The molecule has 0 aliphatic heterocycles.